The number of halogens is 17. The maximum absolute atomic E-state index is 14.3. The van der Waals surface area contributed by atoms with Crippen molar-refractivity contribution >= 4 is 27.8 Å². The molecule has 0 saturated carbocycles. The summed E-state index contributed by atoms with van der Waals surface area (Å²) in [5, 5.41) is -5.17. The van der Waals surface area contributed by atoms with E-state index in [9.17, 15) is 78.6 Å². The Morgan fingerprint density at radius 2 is 1.30 bits per heavy atom. The van der Waals surface area contributed by atoms with Crippen molar-refractivity contribution in [2.24, 2.45) is 0 Å². The lowest BCUT2D eigenvalue weighted by Crippen LogP contribution is -2.56. The van der Waals surface area contributed by atoms with Crippen molar-refractivity contribution in [3.63, 3.8) is 0 Å². The minimum absolute atomic E-state index is 0.549. The van der Waals surface area contributed by atoms with Gasteiger partial charge in [0.2, 0.25) is 5.79 Å². The van der Waals surface area contributed by atoms with Crippen molar-refractivity contribution < 1.29 is 125 Å². The Bertz CT molecular complexity index is 1130. The molecule has 11 nitrogen and oxygen atoms in total. The number of hydrogen-bond acceptors (Lipinski definition) is 11. The van der Waals surface area contributed by atoms with Gasteiger partial charge in [-0.2, -0.15) is 73.9 Å². The number of carbonyl (C=O) groups is 1. The van der Waals surface area contributed by atoms with Crippen LogP contribution in [0.4, 0.5) is 74.5 Å². The molecule has 0 aromatic carbocycles. The van der Waals surface area contributed by atoms with E-state index in [1.165, 1.54) is 0 Å². The summed E-state index contributed by atoms with van der Waals surface area (Å²) in [6.45, 7) is -8.82. The van der Waals surface area contributed by atoms with Crippen molar-refractivity contribution in [1.29, 1.82) is 0 Å². The Morgan fingerprint density at radius 3 is 1.68 bits per heavy atom. The zero-order chi connectivity index (χ0) is 37.9. The summed E-state index contributed by atoms with van der Waals surface area (Å²) in [6.07, 6.45) is -30.8. The highest BCUT2D eigenvalue weighted by molar-refractivity contribution is 7.87. The summed E-state index contributed by atoms with van der Waals surface area (Å²) in [7, 11) is -6.54. The molecule has 0 spiro atoms. The number of ether oxygens (including phenoxy) is 6. The van der Waals surface area contributed by atoms with Crippen LogP contribution in [0, 0.1) is 0 Å². The summed E-state index contributed by atoms with van der Waals surface area (Å²) in [6, 6.07) is 0. The summed E-state index contributed by atoms with van der Waals surface area (Å²) in [5.41, 5.74) is 0. The van der Waals surface area contributed by atoms with Crippen molar-refractivity contribution in [3.8, 4) is 0 Å². The molecule has 282 valence electrons. The van der Waals surface area contributed by atoms with Crippen LogP contribution in [-0.2, 0) is 55.0 Å². The Hall–Kier alpha value is -2.15. The monoisotopic (exact) mass is 784 g/mol. The van der Waals surface area contributed by atoms with Crippen LogP contribution in [0.3, 0.4) is 0 Å². The maximum atomic E-state index is 14.3. The average molecular weight is 784 g/mol. The van der Waals surface area contributed by atoms with Crippen molar-refractivity contribution in [3.05, 3.63) is 0 Å². The number of esters is 1. The normalized spacial score (nSPS) is 22.3. The molecule has 1 aliphatic heterocycles. The number of alkyl halides is 14. The molecule has 1 fully saturated rings. The molecule has 0 aliphatic carbocycles. The molecular weight excluding hydrogens is 767 g/mol. The van der Waals surface area contributed by atoms with Crippen LogP contribution in [-0.4, -0.2) is 110 Å². The molecule has 1 heterocycles. The Morgan fingerprint density at radius 1 is 0.851 bits per heavy atom. The molecular formula is C17H17F17O11S2. The Labute approximate surface area is 253 Å². The summed E-state index contributed by atoms with van der Waals surface area (Å²) in [4.78, 5) is 11.8. The molecule has 47 heavy (non-hydrogen) atoms. The third kappa shape index (κ3) is 15.7. The highest BCUT2D eigenvalue weighted by atomic mass is 32.3. The Kier molecular flexibility index (Phi) is 17.5. The topological polar surface area (TPSA) is 141 Å². The van der Waals surface area contributed by atoms with Crippen LogP contribution in [0.2, 0.25) is 0 Å². The van der Waals surface area contributed by atoms with Gasteiger partial charge in [-0.1, -0.05) is 3.89 Å². The first-order valence-corrected chi connectivity index (χ1v) is 12.9. The van der Waals surface area contributed by atoms with Crippen molar-refractivity contribution in [2.45, 2.75) is 67.0 Å². The van der Waals surface area contributed by atoms with Gasteiger partial charge in [0, 0.05) is 9.15 Å². The lowest BCUT2D eigenvalue weighted by molar-refractivity contribution is -0.412. The minimum Gasteiger partial charge on any atom is -0.455 e. The molecule has 1 saturated heterocycles. The third-order valence-corrected chi connectivity index (χ3v) is 5.36. The van der Waals surface area contributed by atoms with Gasteiger partial charge in [-0.3, -0.25) is 4.74 Å². The van der Waals surface area contributed by atoms with Crippen molar-refractivity contribution in [2.75, 3.05) is 33.1 Å². The second kappa shape index (κ2) is 17.5. The summed E-state index contributed by atoms with van der Waals surface area (Å²) in [5.74, 6) is -12.5. The summed E-state index contributed by atoms with van der Waals surface area (Å²) >= 11 is -0.750. The smallest absolute Gasteiger partial charge is 0.455 e. The molecule has 0 radical (unpaired) electrons. The van der Waals surface area contributed by atoms with Crippen LogP contribution in [0.5, 0.6) is 0 Å². The second-order valence-corrected chi connectivity index (χ2v) is 10.00. The van der Waals surface area contributed by atoms with E-state index >= 15 is 0 Å². The van der Waals surface area contributed by atoms with Crippen LogP contribution >= 0.6 is 0 Å². The number of rotatable bonds is 15. The second-order valence-electron chi connectivity index (χ2n) is 8.39. The molecule has 0 N–H and O–H groups in total. The molecule has 1 aliphatic rings. The fourth-order valence-electron chi connectivity index (χ4n) is 2.76. The standard InChI is InChI=1S/C17H17F15O9S.F2.O2S/c1-11(6-37-10(33)16(28,17(29,30)31)41-13(22,23)4-12(19,20)21)39-8(2-36-7-15(26,27)42(32,34)35)9(40-11)3-38-14(24,25)5-18;1-2;1-3-2/h8-9H,2-7H2,1H3;;. The molecule has 0 aromatic heterocycles. The van der Waals surface area contributed by atoms with E-state index in [1.807, 2.05) is 0 Å². The van der Waals surface area contributed by atoms with Crippen molar-refractivity contribution in [1.82, 2.24) is 0 Å². The first-order chi connectivity index (χ1) is 20.9. The number of carbonyl (C=O) groups excluding carboxylic acids is 1. The summed E-state index contributed by atoms with van der Waals surface area (Å²) < 4.78 is 272. The van der Waals surface area contributed by atoms with Crippen LogP contribution in [0.15, 0.2) is 0 Å². The number of hydrogen-bond donors (Lipinski definition) is 0. The fraction of sp³-hybridized carbons (Fsp3) is 0.941. The van der Waals surface area contributed by atoms with E-state index in [0.717, 1.165) is 0 Å². The first-order valence-electron chi connectivity index (χ1n) is 10.9. The van der Waals surface area contributed by atoms with Gasteiger partial charge in [-0.25, -0.2) is 9.18 Å². The van der Waals surface area contributed by atoms with Gasteiger partial charge in [0.15, 0.2) is 6.67 Å². The molecule has 30 heteroatoms. The third-order valence-electron chi connectivity index (χ3n) is 4.53. The van der Waals surface area contributed by atoms with E-state index in [0.29, 0.717) is 6.92 Å². The first kappa shape index (κ1) is 47.0. The van der Waals surface area contributed by atoms with Crippen LogP contribution in [0.25, 0.3) is 0 Å². The lowest BCUT2D eigenvalue weighted by atomic mass is 10.2. The molecule has 4 atom stereocenters. The van der Waals surface area contributed by atoms with Gasteiger partial charge in [-0.15, -0.1) is 0 Å². The zero-order valence-corrected chi connectivity index (χ0v) is 23.8. The van der Waals surface area contributed by atoms with Crippen LogP contribution < -0.4 is 0 Å². The van der Waals surface area contributed by atoms with Gasteiger partial charge in [-0.05, 0) is 6.92 Å². The van der Waals surface area contributed by atoms with Gasteiger partial charge in [0.05, 0.1) is 13.2 Å². The molecule has 4 unspecified atom stereocenters. The molecule has 0 amide bonds. The van der Waals surface area contributed by atoms with Crippen LogP contribution in [0.1, 0.15) is 13.3 Å². The fourth-order valence-corrected chi connectivity index (χ4v) is 2.98. The predicted molar refractivity (Wildman–Crippen MR) is 110 cm³/mol. The largest absolute Gasteiger partial charge is 0.460 e. The zero-order valence-electron chi connectivity index (χ0n) is 22.1. The van der Waals surface area contributed by atoms with Gasteiger partial charge < -0.3 is 23.7 Å². The quantitative estimate of drug-likeness (QED) is 0.132. The van der Waals surface area contributed by atoms with E-state index in [4.69, 9.17) is 27.0 Å². The SMILES string of the molecule is CC1(COC(=O)C(F)(OC(F)(F)CC(F)(F)F)C(F)(F)F)OC(COCC(F)(F)S(=O)(=O)F)C(COC(F)(F)CF)O1.FF.O=S=O. The molecule has 0 bridgehead atoms. The lowest BCUT2D eigenvalue weighted by Gasteiger charge is -2.31. The van der Waals surface area contributed by atoms with Gasteiger partial charge in [0.25, 0.3) is 0 Å². The van der Waals surface area contributed by atoms with E-state index < -0.39 is 121 Å². The van der Waals surface area contributed by atoms with Gasteiger partial charge >= 0.3 is 63.4 Å². The highest BCUT2D eigenvalue weighted by Crippen LogP contribution is 2.44. The predicted octanol–water partition coefficient (Wildman–Crippen LogP) is 4.48. The Balaban J connectivity index is 0. The highest BCUT2D eigenvalue weighted by Gasteiger charge is 2.70. The molecule has 1 rings (SSSR count). The average Bonchev–Trinajstić information content (AvgIpc) is 3.20. The van der Waals surface area contributed by atoms with E-state index in [2.05, 4.69) is 18.9 Å². The molecule has 0 aromatic rings. The minimum atomic E-state index is -6.80. The van der Waals surface area contributed by atoms with E-state index in [1.54, 1.807) is 0 Å². The van der Waals surface area contributed by atoms with Gasteiger partial charge in [0.1, 0.15) is 31.8 Å². The van der Waals surface area contributed by atoms with E-state index in [-0.39, 0.29) is 0 Å². The maximum Gasteiger partial charge on any atom is 0.460 e.